The second-order valence-corrected chi connectivity index (χ2v) is 10.1. The molecule has 0 aliphatic carbocycles. The number of amides is 1. The summed E-state index contributed by atoms with van der Waals surface area (Å²) < 4.78 is 45.8. The van der Waals surface area contributed by atoms with Crippen molar-refractivity contribution in [1.82, 2.24) is 5.32 Å². The summed E-state index contributed by atoms with van der Waals surface area (Å²) in [5.41, 5.74) is -0.783. The largest absolute Gasteiger partial charge is 0.460 e. The molecule has 2 aliphatic rings. The molecule has 1 unspecified atom stereocenters. The Morgan fingerprint density at radius 1 is 1.16 bits per heavy atom. The number of esters is 1. The minimum Gasteiger partial charge on any atom is -0.460 e. The van der Waals surface area contributed by atoms with Crippen LogP contribution < -0.4 is 10.2 Å². The molecule has 5 nitrogen and oxygen atoms in total. The van der Waals surface area contributed by atoms with Gasteiger partial charge in [-0.05, 0) is 51.3 Å². The highest BCUT2D eigenvalue weighted by Crippen LogP contribution is 2.45. The molecule has 2 fully saturated rings. The Balaban J connectivity index is 1.88. The van der Waals surface area contributed by atoms with E-state index in [1.807, 2.05) is 39.5 Å². The van der Waals surface area contributed by atoms with E-state index in [0.717, 1.165) is 11.6 Å². The molecule has 0 aromatic heterocycles. The summed E-state index contributed by atoms with van der Waals surface area (Å²) >= 11 is 0. The third-order valence-corrected chi connectivity index (χ3v) is 6.23. The van der Waals surface area contributed by atoms with Crippen molar-refractivity contribution in [2.45, 2.75) is 65.2 Å². The van der Waals surface area contributed by atoms with Crippen molar-refractivity contribution in [3.63, 3.8) is 0 Å². The lowest BCUT2D eigenvalue weighted by Crippen LogP contribution is -2.39. The molecule has 0 spiro atoms. The van der Waals surface area contributed by atoms with Crippen molar-refractivity contribution in [3.8, 4) is 0 Å². The van der Waals surface area contributed by atoms with Crippen LogP contribution in [0.3, 0.4) is 0 Å². The molecule has 1 aromatic rings. The maximum Gasteiger partial charge on any atom is 0.416 e. The number of nitrogens with one attached hydrogen (secondary N) is 1. The number of piperidine rings is 1. The highest BCUT2D eigenvalue weighted by molar-refractivity contribution is 5.86. The minimum absolute atomic E-state index is 0.105. The Morgan fingerprint density at radius 3 is 2.26 bits per heavy atom. The molecule has 1 N–H and O–H groups in total. The molecule has 0 bridgehead atoms. The number of rotatable bonds is 3. The molecule has 2 aliphatic heterocycles. The summed E-state index contributed by atoms with van der Waals surface area (Å²) in [6, 6.07) is 3.78. The zero-order valence-corrected chi connectivity index (χ0v) is 18.7. The molecule has 0 saturated carbocycles. The first kappa shape index (κ1) is 23.4. The summed E-state index contributed by atoms with van der Waals surface area (Å²) in [7, 11) is 0. The van der Waals surface area contributed by atoms with Crippen LogP contribution in [0, 0.1) is 11.3 Å². The average Bonchev–Trinajstić information content (AvgIpc) is 2.92. The standard InChI is InChI=1S/C23H31F3N2O3/c1-21(2,3)31-19(29)14-8-10-28(11-9-14)18-12-15(23(24,25)26)6-7-16(18)17-13-27-20(30)22(17,4)5/h6-7,12,14,17H,8-11,13H2,1-5H3,(H,27,30). The number of hydrogen-bond donors (Lipinski definition) is 1. The van der Waals surface area contributed by atoms with Crippen LogP contribution in [0.4, 0.5) is 18.9 Å². The second kappa shape index (κ2) is 8.02. The topological polar surface area (TPSA) is 58.6 Å². The van der Waals surface area contributed by atoms with Crippen LogP contribution in [-0.2, 0) is 20.5 Å². The van der Waals surface area contributed by atoms with Gasteiger partial charge in [-0.15, -0.1) is 0 Å². The van der Waals surface area contributed by atoms with E-state index in [1.165, 1.54) is 12.1 Å². The van der Waals surface area contributed by atoms with Gasteiger partial charge in [-0.3, -0.25) is 9.59 Å². The van der Waals surface area contributed by atoms with Gasteiger partial charge in [0.15, 0.2) is 0 Å². The Morgan fingerprint density at radius 2 is 1.77 bits per heavy atom. The summed E-state index contributed by atoms with van der Waals surface area (Å²) in [6.07, 6.45) is -3.44. The maximum absolute atomic E-state index is 13.4. The first-order chi connectivity index (χ1) is 14.2. The van der Waals surface area contributed by atoms with Crippen LogP contribution in [0.1, 0.15) is 64.5 Å². The van der Waals surface area contributed by atoms with Crippen LogP contribution in [0.2, 0.25) is 0 Å². The van der Waals surface area contributed by atoms with Crippen molar-refractivity contribution in [3.05, 3.63) is 29.3 Å². The van der Waals surface area contributed by atoms with Crippen LogP contribution in [-0.4, -0.2) is 37.1 Å². The molecular formula is C23H31F3N2O3. The van der Waals surface area contributed by atoms with Gasteiger partial charge in [-0.1, -0.05) is 19.9 Å². The summed E-state index contributed by atoms with van der Waals surface area (Å²) in [6.45, 7) is 10.4. The van der Waals surface area contributed by atoms with Crippen LogP contribution in [0.25, 0.3) is 0 Å². The first-order valence-corrected chi connectivity index (χ1v) is 10.7. The lowest BCUT2D eigenvalue weighted by atomic mass is 9.76. The van der Waals surface area contributed by atoms with Gasteiger partial charge in [0.25, 0.3) is 0 Å². The number of benzene rings is 1. The average molecular weight is 441 g/mol. The predicted molar refractivity (Wildman–Crippen MR) is 112 cm³/mol. The van der Waals surface area contributed by atoms with Gasteiger partial charge < -0.3 is 15.0 Å². The van der Waals surface area contributed by atoms with E-state index < -0.39 is 22.8 Å². The van der Waals surface area contributed by atoms with Crippen molar-refractivity contribution < 1.29 is 27.5 Å². The molecule has 8 heteroatoms. The Kier molecular flexibility index (Phi) is 6.06. The molecule has 2 saturated heterocycles. The normalized spacial score (nSPS) is 22.4. The van der Waals surface area contributed by atoms with Gasteiger partial charge in [0.1, 0.15) is 5.60 Å². The van der Waals surface area contributed by atoms with Gasteiger partial charge in [-0.2, -0.15) is 13.2 Å². The van der Waals surface area contributed by atoms with Crippen molar-refractivity contribution >= 4 is 17.6 Å². The SMILES string of the molecule is CC(C)(C)OC(=O)C1CCN(c2cc(C(F)(F)F)ccc2C2CNC(=O)C2(C)C)CC1. The minimum atomic E-state index is -4.46. The smallest absolute Gasteiger partial charge is 0.416 e. The lowest BCUT2D eigenvalue weighted by Gasteiger charge is -2.37. The van der Waals surface area contributed by atoms with Gasteiger partial charge in [0.2, 0.25) is 5.91 Å². The number of alkyl halides is 3. The third-order valence-electron chi connectivity index (χ3n) is 6.23. The van der Waals surface area contributed by atoms with Crippen LogP contribution >= 0.6 is 0 Å². The Labute approximate surface area is 181 Å². The monoisotopic (exact) mass is 440 g/mol. The zero-order valence-electron chi connectivity index (χ0n) is 18.7. The van der Waals surface area contributed by atoms with E-state index in [2.05, 4.69) is 5.32 Å². The third kappa shape index (κ3) is 4.99. The molecule has 0 radical (unpaired) electrons. The molecular weight excluding hydrogens is 409 g/mol. The van der Waals surface area contributed by atoms with Crippen molar-refractivity contribution in [2.75, 3.05) is 24.5 Å². The number of carbonyl (C=O) groups is 2. The van der Waals surface area contributed by atoms with E-state index in [4.69, 9.17) is 4.74 Å². The summed E-state index contributed by atoms with van der Waals surface area (Å²) in [4.78, 5) is 26.6. The van der Waals surface area contributed by atoms with Crippen molar-refractivity contribution in [2.24, 2.45) is 11.3 Å². The highest BCUT2D eigenvalue weighted by atomic mass is 19.4. The van der Waals surface area contributed by atoms with E-state index in [0.29, 0.717) is 38.2 Å². The lowest BCUT2D eigenvalue weighted by molar-refractivity contribution is -0.160. The first-order valence-electron chi connectivity index (χ1n) is 10.7. The number of nitrogens with zero attached hydrogens (tertiary/aromatic N) is 1. The van der Waals surface area contributed by atoms with Crippen molar-refractivity contribution in [1.29, 1.82) is 0 Å². The number of carbonyl (C=O) groups excluding carboxylic acids is 2. The van der Waals surface area contributed by atoms with Crippen LogP contribution in [0.5, 0.6) is 0 Å². The highest BCUT2D eigenvalue weighted by Gasteiger charge is 2.45. The van der Waals surface area contributed by atoms with Gasteiger partial charge >= 0.3 is 12.1 Å². The number of halogens is 3. The quantitative estimate of drug-likeness (QED) is 0.703. The summed E-state index contributed by atoms with van der Waals surface area (Å²) in [5, 5.41) is 2.84. The molecule has 3 rings (SSSR count). The fourth-order valence-electron chi connectivity index (χ4n) is 4.36. The number of ether oxygens (including phenoxy) is 1. The molecule has 31 heavy (non-hydrogen) atoms. The van der Waals surface area contributed by atoms with E-state index in [-0.39, 0.29) is 23.7 Å². The summed E-state index contributed by atoms with van der Waals surface area (Å²) in [5.74, 6) is -0.869. The molecule has 1 atom stereocenters. The molecule has 1 amide bonds. The fourth-order valence-corrected chi connectivity index (χ4v) is 4.36. The fraction of sp³-hybridized carbons (Fsp3) is 0.652. The molecule has 2 heterocycles. The number of hydrogen-bond acceptors (Lipinski definition) is 4. The van der Waals surface area contributed by atoms with Gasteiger partial charge in [0, 0.05) is 31.2 Å². The second-order valence-electron chi connectivity index (χ2n) is 10.1. The predicted octanol–water partition coefficient (Wildman–Crippen LogP) is 4.50. The Hall–Kier alpha value is -2.25. The number of anilines is 1. The van der Waals surface area contributed by atoms with E-state index in [1.54, 1.807) is 0 Å². The van der Waals surface area contributed by atoms with E-state index in [9.17, 15) is 22.8 Å². The van der Waals surface area contributed by atoms with Crippen LogP contribution in [0.15, 0.2) is 18.2 Å². The maximum atomic E-state index is 13.4. The zero-order chi connectivity index (χ0) is 23.2. The van der Waals surface area contributed by atoms with E-state index >= 15 is 0 Å². The molecule has 1 aromatic carbocycles. The Bertz CT molecular complexity index is 851. The van der Waals surface area contributed by atoms with Gasteiger partial charge in [0.05, 0.1) is 16.9 Å². The molecule has 172 valence electrons. The van der Waals surface area contributed by atoms with Gasteiger partial charge in [-0.25, -0.2) is 0 Å².